The number of aromatic nitrogens is 3. The van der Waals surface area contributed by atoms with E-state index < -0.39 is 0 Å². The molecule has 3 aromatic heterocycles. The van der Waals surface area contributed by atoms with Crippen molar-refractivity contribution in [3.63, 3.8) is 0 Å². The van der Waals surface area contributed by atoms with Gasteiger partial charge in [0.2, 0.25) is 4.96 Å². The Hall–Kier alpha value is -1.47. The van der Waals surface area contributed by atoms with Crippen molar-refractivity contribution in [3.05, 3.63) is 40.4 Å². The standard InChI is InChI=1S/C18H17ClN4S2/c19-15-13-6-2-3-7-14(13)25-16(15)17-20-21-18-23(17)11-12(24-18)10-22-8-4-1-5-9-22/h2-3,6-7,11H,1,4-5,8-10H2/p+1. The minimum absolute atomic E-state index is 0.782. The minimum atomic E-state index is 0.782. The van der Waals surface area contributed by atoms with Gasteiger partial charge >= 0.3 is 0 Å². The Labute approximate surface area is 158 Å². The van der Waals surface area contributed by atoms with E-state index in [0.717, 1.165) is 32.6 Å². The Balaban J connectivity index is 1.53. The van der Waals surface area contributed by atoms with Crippen LogP contribution in [0.1, 0.15) is 24.1 Å². The van der Waals surface area contributed by atoms with Gasteiger partial charge in [0.1, 0.15) is 6.54 Å². The fraction of sp³-hybridized carbons (Fsp3) is 0.333. The summed E-state index contributed by atoms with van der Waals surface area (Å²) in [6.07, 6.45) is 6.29. The number of quaternary nitrogens is 1. The first-order valence-electron chi connectivity index (χ1n) is 8.64. The quantitative estimate of drug-likeness (QED) is 0.576. The van der Waals surface area contributed by atoms with Gasteiger partial charge in [-0.1, -0.05) is 41.1 Å². The molecule has 0 amide bonds. The van der Waals surface area contributed by atoms with E-state index in [1.165, 1.54) is 41.9 Å². The van der Waals surface area contributed by atoms with E-state index in [4.69, 9.17) is 11.6 Å². The lowest BCUT2D eigenvalue weighted by Crippen LogP contribution is -3.11. The van der Waals surface area contributed by atoms with Crippen molar-refractivity contribution in [1.82, 2.24) is 14.6 Å². The van der Waals surface area contributed by atoms with Crippen LogP contribution in [-0.4, -0.2) is 27.7 Å². The molecule has 7 heteroatoms. The van der Waals surface area contributed by atoms with Crippen LogP contribution in [0.5, 0.6) is 0 Å². The van der Waals surface area contributed by atoms with Crippen molar-refractivity contribution in [3.8, 4) is 10.7 Å². The van der Waals surface area contributed by atoms with Gasteiger partial charge in [0, 0.05) is 16.3 Å². The monoisotopic (exact) mass is 389 g/mol. The molecule has 0 radical (unpaired) electrons. The van der Waals surface area contributed by atoms with Gasteiger partial charge in [0.25, 0.3) is 0 Å². The van der Waals surface area contributed by atoms with Crippen LogP contribution in [0.25, 0.3) is 25.7 Å². The first-order chi connectivity index (χ1) is 12.3. The van der Waals surface area contributed by atoms with Gasteiger partial charge in [0.05, 0.1) is 27.9 Å². The number of thiophene rings is 1. The smallest absolute Gasteiger partial charge is 0.216 e. The number of thiazole rings is 1. The predicted octanol–water partition coefficient (Wildman–Crippen LogP) is 3.89. The van der Waals surface area contributed by atoms with Crippen LogP contribution < -0.4 is 4.90 Å². The molecule has 1 aliphatic rings. The zero-order valence-corrected chi connectivity index (χ0v) is 16.1. The summed E-state index contributed by atoms with van der Waals surface area (Å²) in [6, 6.07) is 8.23. The van der Waals surface area contributed by atoms with Crippen LogP contribution in [0.15, 0.2) is 30.5 Å². The van der Waals surface area contributed by atoms with Crippen LogP contribution in [0.4, 0.5) is 0 Å². The highest BCUT2D eigenvalue weighted by Gasteiger charge is 2.20. The molecule has 0 aliphatic carbocycles. The summed E-state index contributed by atoms with van der Waals surface area (Å²) in [5, 5.41) is 10.7. The fourth-order valence-corrected chi connectivity index (χ4v) is 6.11. The highest BCUT2D eigenvalue weighted by Crippen LogP contribution is 2.41. The third-order valence-corrected chi connectivity index (χ3v) is 7.53. The van der Waals surface area contributed by atoms with Crippen LogP contribution in [0.2, 0.25) is 5.02 Å². The van der Waals surface area contributed by atoms with E-state index in [9.17, 15) is 0 Å². The second-order valence-corrected chi connectivity index (χ2v) is 9.13. The van der Waals surface area contributed by atoms with Crippen molar-refractivity contribution in [2.24, 2.45) is 0 Å². The van der Waals surface area contributed by atoms with E-state index in [1.54, 1.807) is 27.6 Å². The molecule has 128 valence electrons. The van der Waals surface area contributed by atoms with Gasteiger partial charge in [-0.2, -0.15) is 0 Å². The van der Waals surface area contributed by atoms with Gasteiger partial charge in [-0.05, 0) is 25.3 Å². The second kappa shape index (κ2) is 6.36. The van der Waals surface area contributed by atoms with Crippen molar-refractivity contribution in [1.29, 1.82) is 0 Å². The number of nitrogens with zero attached hydrogens (tertiary/aromatic N) is 3. The van der Waals surface area contributed by atoms with E-state index in [1.807, 2.05) is 12.1 Å². The van der Waals surface area contributed by atoms with Gasteiger partial charge in [-0.15, -0.1) is 21.5 Å². The highest BCUT2D eigenvalue weighted by molar-refractivity contribution is 7.23. The molecule has 4 aromatic rings. The van der Waals surface area contributed by atoms with E-state index in [0.29, 0.717) is 0 Å². The molecule has 1 fully saturated rings. The average Bonchev–Trinajstić information content (AvgIpc) is 3.29. The van der Waals surface area contributed by atoms with E-state index in [2.05, 4.69) is 32.9 Å². The molecule has 4 nitrogen and oxygen atoms in total. The van der Waals surface area contributed by atoms with Gasteiger partial charge in [0.15, 0.2) is 5.82 Å². The lowest BCUT2D eigenvalue weighted by Gasteiger charge is -2.22. The maximum absolute atomic E-state index is 6.64. The van der Waals surface area contributed by atoms with E-state index >= 15 is 0 Å². The number of likely N-dealkylation sites (tertiary alicyclic amines) is 1. The number of piperidine rings is 1. The van der Waals surface area contributed by atoms with Crippen molar-refractivity contribution >= 4 is 49.3 Å². The number of halogens is 1. The van der Waals surface area contributed by atoms with E-state index in [-0.39, 0.29) is 0 Å². The predicted molar refractivity (Wildman–Crippen MR) is 105 cm³/mol. The second-order valence-electron chi connectivity index (χ2n) is 6.60. The molecule has 1 N–H and O–H groups in total. The normalized spacial score (nSPS) is 16.2. The number of hydrogen-bond acceptors (Lipinski definition) is 4. The summed E-state index contributed by atoms with van der Waals surface area (Å²) in [4.78, 5) is 5.02. The number of benzene rings is 1. The summed E-state index contributed by atoms with van der Waals surface area (Å²) in [5.41, 5.74) is 0. The summed E-state index contributed by atoms with van der Waals surface area (Å²) in [6.45, 7) is 3.66. The largest absolute Gasteiger partial charge is 0.330 e. The van der Waals surface area contributed by atoms with Crippen LogP contribution >= 0.6 is 34.3 Å². The third kappa shape index (κ3) is 2.77. The molecule has 0 unspecified atom stereocenters. The zero-order valence-electron chi connectivity index (χ0n) is 13.7. The molecule has 0 spiro atoms. The average molecular weight is 390 g/mol. The summed E-state index contributed by atoms with van der Waals surface area (Å²) >= 11 is 10.1. The summed E-state index contributed by atoms with van der Waals surface area (Å²) in [5.74, 6) is 0.859. The SMILES string of the molecule is Clc1c(-c2nnc3sc(C[NH+]4CCCCC4)cn23)sc2ccccc12. The minimum Gasteiger partial charge on any atom is -0.330 e. The third-order valence-electron chi connectivity index (χ3n) is 4.88. The van der Waals surface area contributed by atoms with Crippen LogP contribution in [-0.2, 0) is 6.54 Å². The van der Waals surface area contributed by atoms with Crippen molar-refractivity contribution < 1.29 is 4.90 Å². The topological polar surface area (TPSA) is 34.6 Å². The van der Waals surface area contributed by atoms with Crippen molar-refractivity contribution in [2.75, 3.05) is 13.1 Å². The Morgan fingerprint density at radius 2 is 1.92 bits per heavy atom. The van der Waals surface area contributed by atoms with Gasteiger partial charge in [-0.25, -0.2) is 0 Å². The van der Waals surface area contributed by atoms with Gasteiger partial charge < -0.3 is 4.90 Å². The molecule has 25 heavy (non-hydrogen) atoms. The van der Waals surface area contributed by atoms with Crippen LogP contribution in [0, 0.1) is 0 Å². The van der Waals surface area contributed by atoms with Crippen LogP contribution in [0.3, 0.4) is 0 Å². The molecule has 4 heterocycles. The molecular formula is C18H18ClN4S2+. The Kier molecular flexibility index (Phi) is 4.01. The summed E-state index contributed by atoms with van der Waals surface area (Å²) < 4.78 is 3.30. The highest BCUT2D eigenvalue weighted by atomic mass is 35.5. The molecule has 1 aliphatic heterocycles. The molecule has 0 saturated carbocycles. The Bertz CT molecular complexity index is 1040. The first kappa shape index (κ1) is 15.8. The maximum Gasteiger partial charge on any atom is 0.216 e. The Morgan fingerprint density at radius 3 is 2.76 bits per heavy atom. The molecule has 1 saturated heterocycles. The molecule has 1 aromatic carbocycles. The van der Waals surface area contributed by atoms with Gasteiger partial charge in [-0.3, -0.25) is 4.40 Å². The fourth-order valence-electron chi connectivity index (χ4n) is 3.62. The zero-order chi connectivity index (χ0) is 16.8. The number of nitrogens with one attached hydrogen (secondary N) is 1. The molecular weight excluding hydrogens is 372 g/mol. The lowest BCUT2D eigenvalue weighted by atomic mass is 10.1. The number of fused-ring (bicyclic) bond motifs is 2. The Morgan fingerprint density at radius 1 is 1.08 bits per heavy atom. The number of hydrogen-bond donors (Lipinski definition) is 1. The maximum atomic E-state index is 6.64. The lowest BCUT2D eigenvalue weighted by molar-refractivity contribution is -0.918. The van der Waals surface area contributed by atoms with Crippen molar-refractivity contribution in [2.45, 2.75) is 25.8 Å². The molecule has 5 rings (SSSR count). The molecule has 0 atom stereocenters. The molecule has 0 bridgehead atoms. The first-order valence-corrected chi connectivity index (χ1v) is 10.6. The number of rotatable bonds is 3. The summed E-state index contributed by atoms with van der Waals surface area (Å²) in [7, 11) is 0.